The summed E-state index contributed by atoms with van der Waals surface area (Å²) in [6.07, 6.45) is 3.08. The van der Waals surface area contributed by atoms with Crippen molar-refractivity contribution in [3.8, 4) is 11.5 Å². The average Bonchev–Trinajstić information content (AvgIpc) is 2.66. The minimum atomic E-state index is -0.109. The average molecular weight is 356 g/mol. The summed E-state index contributed by atoms with van der Waals surface area (Å²) in [5.74, 6) is 1.50. The van der Waals surface area contributed by atoms with Crippen LogP contribution < -0.4 is 20.1 Å². The minimum Gasteiger partial charge on any atom is -0.494 e. The van der Waals surface area contributed by atoms with E-state index in [2.05, 4.69) is 24.5 Å². The van der Waals surface area contributed by atoms with E-state index in [1.807, 2.05) is 48.5 Å². The predicted molar refractivity (Wildman–Crippen MR) is 106 cm³/mol. The molecule has 0 atom stereocenters. The van der Waals surface area contributed by atoms with Crippen molar-refractivity contribution in [2.45, 2.75) is 33.1 Å². The topological polar surface area (TPSA) is 59.6 Å². The molecule has 0 heterocycles. The zero-order valence-corrected chi connectivity index (χ0v) is 15.6. The SMILES string of the molecule is CCCCOc1cccc(NC(=O)CNc2ccc(OCCC)cc2)c1. The normalized spacial score (nSPS) is 10.2. The van der Waals surface area contributed by atoms with Crippen molar-refractivity contribution in [1.29, 1.82) is 0 Å². The van der Waals surface area contributed by atoms with Gasteiger partial charge in [0.25, 0.3) is 0 Å². The van der Waals surface area contributed by atoms with Crippen molar-refractivity contribution in [3.63, 3.8) is 0 Å². The lowest BCUT2D eigenvalue weighted by atomic mass is 10.3. The van der Waals surface area contributed by atoms with E-state index in [0.717, 1.165) is 42.1 Å². The molecule has 1 amide bonds. The summed E-state index contributed by atoms with van der Waals surface area (Å²) in [4.78, 5) is 12.1. The van der Waals surface area contributed by atoms with Gasteiger partial charge in [-0.25, -0.2) is 0 Å². The van der Waals surface area contributed by atoms with Gasteiger partial charge in [0.05, 0.1) is 19.8 Å². The highest BCUT2D eigenvalue weighted by Crippen LogP contribution is 2.18. The lowest BCUT2D eigenvalue weighted by Gasteiger charge is -2.10. The van der Waals surface area contributed by atoms with Crippen LogP contribution in [0.4, 0.5) is 11.4 Å². The first kappa shape index (κ1) is 19.6. The first-order chi connectivity index (χ1) is 12.7. The van der Waals surface area contributed by atoms with Gasteiger partial charge in [0.1, 0.15) is 11.5 Å². The Labute approximate surface area is 155 Å². The standard InChI is InChI=1S/C21H28N2O3/c1-3-5-14-26-20-8-6-7-18(15-20)23-21(24)16-22-17-9-11-19(12-10-17)25-13-4-2/h6-12,15,22H,3-5,13-14,16H2,1-2H3,(H,23,24). The Kier molecular flexibility index (Phi) is 8.33. The Bertz CT molecular complexity index is 671. The number of anilines is 2. The van der Waals surface area contributed by atoms with Crippen LogP contribution in [0.15, 0.2) is 48.5 Å². The van der Waals surface area contributed by atoms with Gasteiger partial charge >= 0.3 is 0 Å². The Morgan fingerprint density at radius 2 is 1.65 bits per heavy atom. The number of benzene rings is 2. The van der Waals surface area contributed by atoms with Gasteiger partial charge in [-0.3, -0.25) is 4.79 Å². The van der Waals surface area contributed by atoms with Crippen molar-refractivity contribution >= 4 is 17.3 Å². The molecule has 0 radical (unpaired) electrons. The fourth-order valence-electron chi connectivity index (χ4n) is 2.27. The second kappa shape index (κ2) is 11.0. The van der Waals surface area contributed by atoms with Gasteiger partial charge < -0.3 is 20.1 Å². The first-order valence-electron chi connectivity index (χ1n) is 9.20. The Morgan fingerprint density at radius 3 is 2.38 bits per heavy atom. The summed E-state index contributed by atoms with van der Waals surface area (Å²) < 4.78 is 11.2. The van der Waals surface area contributed by atoms with Crippen LogP contribution in [-0.4, -0.2) is 25.7 Å². The van der Waals surface area contributed by atoms with Crippen molar-refractivity contribution in [3.05, 3.63) is 48.5 Å². The molecule has 0 saturated heterocycles. The molecule has 140 valence electrons. The molecule has 0 spiro atoms. The number of unbranched alkanes of at least 4 members (excludes halogenated alkanes) is 1. The molecule has 0 aromatic heterocycles. The maximum atomic E-state index is 12.1. The molecule has 5 heteroatoms. The van der Waals surface area contributed by atoms with Gasteiger partial charge in [-0.1, -0.05) is 26.3 Å². The van der Waals surface area contributed by atoms with Gasteiger partial charge in [-0.05, 0) is 49.2 Å². The molecule has 0 unspecified atom stereocenters. The highest BCUT2D eigenvalue weighted by Gasteiger charge is 2.04. The number of hydrogen-bond acceptors (Lipinski definition) is 4. The number of amides is 1. The van der Waals surface area contributed by atoms with Crippen LogP contribution in [0.25, 0.3) is 0 Å². The number of hydrogen-bond donors (Lipinski definition) is 2. The van der Waals surface area contributed by atoms with Crippen LogP contribution in [-0.2, 0) is 4.79 Å². The highest BCUT2D eigenvalue weighted by molar-refractivity contribution is 5.93. The van der Waals surface area contributed by atoms with Crippen LogP contribution in [0, 0.1) is 0 Å². The number of nitrogens with one attached hydrogen (secondary N) is 2. The molecule has 2 rings (SSSR count). The highest BCUT2D eigenvalue weighted by atomic mass is 16.5. The van der Waals surface area contributed by atoms with E-state index >= 15 is 0 Å². The first-order valence-corrected chi connectivity index (χ1v) is 9.20. The van der Waals surface area contributed by atoms with Crippen LogP contribution in [0.3, 0.4) is 0 Å². The van der Waals surface area contributed by atoms with Gasteiger partial charge in [0.15, 0.2) is 0 Å². The molecule has 0 fully saturated rings. The van der Waals surface area contributed by atoms with Gasteiger partial charge in [-0.15, -0.1) is 0 Å². The Morgan fingerprint density at radius 1 is 0.885 bits per heavy atom. The van der Waals surface area contributed by atoms with Crippen LogP contribution >= 0.6 is 0 Å². The maximum Gasteiger partial charge on any atom is 0.243 e. The second-order valence-corrected chi connectivity index (χ2v) is 6.00. The summed E-state index contributed by atoms with van der Waals surface area (Å²) in [7, 11) is 0. The summed E-state index contributed by atoms with van der Waals surface area (Å²) in [6.45, 7) is 5.78. The fraction of sp³-hybridized carbons (Fsp3) is 0.381. The van der Waals surface area contributed by atoms with E-state index in [4.69, 9.17) is 9.47 Å². The van der Waals surface area contributed by atoms with E-state index in [1.165, 1.54) is 0 Å². The molecule has 2 N–H and O–H groups in total. The van der Waals surface area contributed by atoms with Gasteiger partial charge in [0, 0.05) is 17.4 Å². The molecule has 0 aliphatic heterocycles. The van der Waals surface area contributed by atoms with Crippen molar-refractivity contribution in [2.24, 2.45) is 0 Å². The maximum absolute atomic E-state index is 12.1. The Balaban J connectivity index is 1.78. The number of carbonyl (C=O) groups is 1. The van der Waals surface area contributed by atoms with Gasteiger partial charge in [-0.2, -0.15) is 0 Å². The quantitative estimate of drug-likeness (QED) is 0.573. The van der Waals surface area contributed by atoms with Crippen LogP contribution in [0.2, 0.25) is 0 Å². The molecule has 2 aromatic carbocycles. The van der Waals surface area contributed by atoms with Gasteiger partial charge in [0.2, 0.25) is 5.91 Å². The lowest BCUT2D eigenvalue weighted by Crippen LogP contribution is -2.21. The van der Waals surface area contributed by atoms with Crippen molar-refractivity contribution in [2.75, 3.05) is 30.4 Å². The summed E-state index contributed by atoms with van der Waals surface area (Å²) in [5, 5.41) is 5.98. The molecular formula is C21H28N2O3. The molecule has 0 saturated carbocycles. The fourth-order valence-corrected chi connectivity index (χ4v) is 2.27. The van der Waals surface area contributed by atoms with E-state index in [1.54, 1.807) is 0 Å². The monoisotopic (exact) mass is 356 g/mol. The summed E-state index contributed by atoms with van der Waals surface area (Å²) in [5.41, 5.74) is 1.61. The third kappa shape index (κ3) is 7.05. The number of carbonyl (C=O) groups excluding carboxylic acids is 1. The molecule has 0 bridgehead atoms. The lowest BCUT2D eigenvalue weighted by molar-refractivity contribution is -0.114. The molecule has 0 aliphatic carbocycles. The van der Waals surface area contributed by atoms with Crippen molar-refractivity contribution < 1.29 is 14.3 Å². The van der Waals surface area contributed by atoms with Crippen LogP contribution in [0.5, 0.6) is 11.5 Å². The summed E-state index contributed by atoms with van der Waals surface area (Å²) in [6, 6.07) is 15.1. The molecule has 0 aliphatic rings. The third-order valence-corrected chi connectivity index (χ3v) is 3.66. The zero-order valence-electron chi connectivity index (χ0n) is 15.6. The van der Waals surface area contributed by atoms with E-state index in [9.17, 15) is 4.79 Å². The van der Waals surface area contributed by atoms with E-state index in [-0.39, 0.29) is 12.5 Å². The van der Waals surface area contributed by atoms with Crippen molar-refractivity contribution in [1.82, 2.24) is 0 Å². The van der Waals surface area contributed by atoms with E-state index in [0.29, 0.717) is 13.2 Å². The predicted octanol–water partition coefficient (Wildman–Crippen LogP) is 4.70. The largest absolute Gasteiger partial charge is 0.494 e. The molecule has 5 nitrogen and oxygen atoms in total. The summed E-state index contributed by atoms with van der Waals surface area (Å²) >= 11 is 0. The minimum absolute atomic E-state index is 0.109. The number of rotatable bonds is 11. The molecule has 26 heavy (non-hydrogen) atoms. The van der Waals surface area contributed by atoms with Crippen LogP contribution in [0.1, 0.15) is 33.1 Å². The number of ether oxygens (including phenoxy) is 2. The smallest absolute Gasteiger partial charge is 0.243 e. The third-order valence-electron chi connectivity index (χ3n) is 3.66. The van der Waals surface area contributed by atoms with E-state index < -0.39 is 0 Å². The Hall–Kier alpha value is -2.69. The zero-order chi connectivity index (χ0) is 18.6. The second-order valence-electron chi connectivity index (χ2n) is 6.00. The molecule has 2 aromatic rings. The molecular weight excluding hydrogens is 328 g/mol.